The number of sulfonamides is 1. The molecular weight excluding hydrogens is 390 g/mol. The van der Waals surface area contributed by atoms with Gasteiger partial charge in [-0.2, -0.15) is 4.31 Å². The van der Waals surface area contributed by atoms with Crippen molar-refractivity contribution < 1.29 is 8.42 Å². The zero-order chi connectivity index (χ0) is 18.6. The van der Waals surface area contributed by atoms with Crippen LogP contribution in [0.5, 0.6) is 0 Å². The van der Waals surface area contributed by atoms with Crippen LogP contribution in [0.1, 0.15) is 5.56 Å². The highest BCUT2D eigenvalue weighted by molar-refractivity contribution is 7.92. The minimum atomic E-state index is -3.41. The molecule has 0 saturated carbocycles. The van der Waals surface area contributed by atoms with Crippen molar-refractivity contribution in [3.8, 4) is 0 Å². The highest BCUT2D eigenvalue weighted by atomic mass is 32.2. The van der Waals surface area contributed by atoms with Crippen molar-refractivity contribution in [1.29, 1.82) is 0 Å². The van der Waals surface area contributed by atoms with Crippen molar-refractivity contribution in [2.24, 2.45) is 0 Å². The zero-order valence-electron chi connectivity index (χ0n) is 14.4. The topological polar surface area (TPSA) is 70.5 Å². The van der Waals surface area contributed by atoms with Gasteiger partial charge in [-0.25, -0.2) is 13.1 Å². The lowest BCUT2D eigenvalue weighted by atomic mass is 10.2. The third-order valence-corrected chi connectivity index (χ3v) is 6.97. The first-order valence-corrected chi connectivity index (χ1v) is 10.9. The Kier molecular flexibility index (Phi) is 6.20. The molecule has 1 fully saturated rings. The Labute approximate surface area is 162 Å². The summed E-state index contributed by atoms with van der Waals surface area (Å²) in [6, 6.07) is 9.42. The fourth-order valence-electron chi connectivity index (χ4n) is 2.63. The smallest absolute Gasteiger partial charge is 0.236 e. The van der Waals surface area contributed by atoms with E-state index in [-0.39, 0.29) is 0 Å². The lowest BCUT2D eigenvalue weighted by Gasteiger charge is -2.32. The maximum absolute atomic E-state index is 12.5. The van der Waals surface area contributed by atoms with Gasteiger partial charge in [0.05, 0.1) is 6.67 Å². The fraction of sp³-hybridized carbons (Fsp3) is 0.375. The van der Waals surface area contributed by atoms with Gasteiger partial charge in [0.15, 0.2) is 3.95 Å². The predicted molar refractivity (Wildman–Crippen MR) is 108 cm³/mol. The van der Waals surface area contributed by atoms with Gasteiger partial charge >= 0.3 is 0 Å². The van der Waals surface area contributed by atoms with Crippen LogP contribution in [-0.2, 0) is 16.7 Å². The highest BCUT2D eigenvalue weighted by Gasteiger charge is 2.25. The van der Waals surface area contributed by atoms with E-state index in [1.54, 1.807) is 10.8 Å². The van der Waals surface area contributed by atoms with Gasteiger partial charge < -0.3 is 5.32 Å². The number of benzene rings is 1. The van der Waals surface area contributed by atoms with Crippen LogP contribution in [0.4, 0.5) is 5.13 Å². The molecule has 0 amide bonds. The zero-order valence-corrected chi connectivity index (χ0v) is 16.9. The maximum atomic E-state index is 12.5. The lowest BCUT2D eigenvalue weighted by Crippen LogP contribution is -2.48. The highest BCUT2D eigenvalue weighted by Crippen LogP contribution is 2.16. The monoisotopic (exact) mass is 411 g/mol. The summed E-state index contributed by atoms with van der Waals surface area (Å²) in [5, 5.41) is 9.44. The van der Waals surface area contributed by atoms with E-state index in [2.05, 4.69) is 15.3 Å². The first-order valence-electron chi connectivity index (χ1n) is 8.19. The third-order valence-electron chi connectivity index (χ3n) is 4.08. The number of hydrogen-bond acceptors (Lipinski definition) is 7. The number of anilines is 1. The van der Waals surface area contributed by atoms with Gasteiger partial charge in [-0.15, -0.1) is 5.10 Å². The summed E-state index contributed by atoms with van der Waals surface area (Å²) in [6.45, 7) is 2.78. The summed E-state index contributed by atoms with van der Waals surface area (Å²) >= 11 is 6.73. The fourth-order valence-corrected chi connectivity index (χ4v) is 4.75. The molecule has 1 aliphatic rings. The molecule has 1 aromatic carbocycles. The average Bonchev–Trinajstić information content (AvgIpc) is 3.01. The van der Waals surface area contributed by atoms with Crippen molar-refractivity contribution >= 4 is 44.8 Å². The Morgan fingerprint density at radius 1 is 1.23 bits per heavy atom. The Hall–Kier alpha value is -1.59. The quantitative estimate of drug-likeness (QED) is 0.736. The normalized spacial score (nSPS) is 17.0. The van der Waals surface area contributed by atoms with E-state index >= 15 is 0 Å². The van der Waals surface area contributed by atoms with Crippen LogP contribution in [0.25, 0.3) is 6.08 Å². The van der Waals surface area contributed by atoms with E-state index in [0.29, 0.717) is 36.8 Å². The van der Waals surface area contributed by atoms with E-state index in [9.17, 15) is 8.42 Å². The second-order valence-corrected chi connectivity index (χ2v) is 9.28. The van der Waals surface area contributed by atoms with E-state index in [0.717, 1.165) is 10.7 Å². The number of rotatable bonds is 6. The minimum Gasteiger partial charge on any atom is -0.363 e. The van der Waals surface area contributed by atoms with Gasteiger partial charge in [0.1, 0.15) is 0 Å². The van der Waals surface area contributed by atoms with Crippen molar-refractivity contribution in [1.82, 2.24) is 19.0 Å². The molecule has 0 spiro atoms. The Balaban J connectivity index is 1.58. The van der Waals surface area contributed by atoms with Gasteiger partial charge in [0.25, 0.3) is 0 Å². The summed E-state index contributed by atoms with van der Waals surface area (Å²) in [7, 11) is -1.60. The predicted octanol–water partition coefficient (Wildman–Crippen LogP) is 2.29. The average molecular weight is 412 g/mol. The molecule has 1 aromatic heterocycles. The van der Waals surface area contributed by atoms with E-state index in [4.69, 9.17) is 12.2 Å². The summed E-state index contributed by atoms with van der Waals surface area (Å²) in [4.78, 5) is 2.15. The van der Waals surface area contributed by atoms with Crippen LogP contribution in [-0.4, -0.2) is 60.6 Å². The Morgan fingerprint density at radius 2 is 1.92 bits per heavy atom. The van der Waals surface area contributed by atoms with Gasteiger partial charge in [-0.05, 0) is 23.9 Å². The standard InChI is InChI=1S/C16H21N5O2S3/c1-17-15-18-21(16(24)25-15)13-19-8-10-20(11-9-19)26(22,23)12-7-14-5-3-2-4-6-14/h2-7,12H,8-11,13H2,1H3,(H,17,18)/b12-7+. The number of nitrogens with one attached hydrogen (secondary N) is 1. The lowest BCUT2D eigenvalue weighted by molar-refractivity contribution is 0.146. The van der Waals surface area contributed by atoms with Gasteiger partial charge in [0, 0.05) is 38.6 Å². The molecule has 2 aromatic rings. The molecule has 3 rings (SSSR count). The van der Waals surface area contributed by atoms with Crippen LogP contribution in [0.15, 0.2) is 35.7 Å². The molecule has 10 heteroatoms. The van der Waals surface area contributed by atoms with Gasteiger partial charge in [-0.3, -0.25) is 4.90 Å². The number of aromatic nitrogens is 2. The van der Waals surface area contributed by atoms with E-state index < -0.39 is 10.0 Å². The molecule has 1 N–H and O–H groups in total. The number of nitrogens with zero attached hydrogens (tertiary/aromatic N) is 4. The molecular formula is C16H21N5O2S3. The van der Waals surface area contributed by atoms with Crippen molar-refractivity contribution in [2.75, 3.05) is 38.5 Å². The van der Waals surface area contributed by atoms with Crippen molar-refractivity contribution in [2.45, 2.75) is 6.67 Å². The number of hydrogen-bond donors (Lipinski definition) is 1. The largest absolute Gasteiger partial charge is 0.363 e. The van der Waals surface area contributed by atoms with Crippen LogP contribution in [0.2, 0.25) is 0 Å². The van der Waals surface area contributed by atoms with E-state index in [1.807, 2.05) is 37.4 Å². The molecule has 26 heavy (non-hydrogen) atoms. The minimum absolute atomic E-state index is 0.456. The van der Waals surface area contributed by atoms with Crippen LogP contribution in [0, 0.1) is 3.95 Å². The summed E-state index contributed by atoms with van der Waals surface area (Å²) < 4.78 is 29.0. The molecule has 0 aliphatic carbocycles. The molecule has 1 saturated heterocycles. The molecule has 0 radical (unpaired) electrons. The van der Waals surface area contributed by atoms with Crippen molar-refractivity contribution in [3.05, 3.63) is 45.3 Å². The second-order valence-electron chi connectivity index (χ2n) is 5.84. The third kappa shape index (κ3) is 4.77. The molecule has 2 heterocycles. The Bertz CT molecular complexity index is 913. The Morgan fingerprint density at radius 3 is 2.54 bits per heavy atom. The first-order chi connectivity index (χ1) is 12.5. The molecule has 1 aliphatic heterocycles. The molecule has 0 atom stereocenters. The van der Waals surface area contributed by atoms with Crippen molar-refractivity contribution in [3.63, 3.8) is 0 Å². The summed E-state index contributed by atoms with van der Waals surface area (Å²) in [6.07, 6.45) is 1.63. The van der Waals surface area contributed by atoms with Gasteiger partial charge in [-0.1, -0.05) is 41.7 Å². The maximum Gasteiger partial charge on any atom is 0.236 e. The first kappa shape index (κ1) is 19.2. The second kappa shape index (κ2) is 8.40. The molecule has 0 unspecified atom stereocenters. The van der Waals surface area contributed by atoms with E-state index in [1.165, 1.54) is 21.1 Å². The number of piperazine rings is 1. The SMILES string of the molecule is CNc1nn(CN2CCN(S(=O)(=O)/C=C/c3ccccc3)CC2)c(=S)s1. The van der Waals surface area contributed by atoms with Crippen LogP contribution >= 0.6 is 23.6 Å². The molecule has 0 bridgehead atoms. The molecule has 140 valence electrons. The van der Waals surface area contributed by atoms with Crippen LogP contribution in [0.3, 0.4) is 0 Å². The summed E-state index contributed by atoms with van der Waals surface area (Å²) in [5.74, 6) is 0. The van der Waals surface area contributed by atoms with Crippen LogP contribution < -0.4 is 5.32 Å². The van der Waals surface area contributed by atoms with Gasteiger partial charge in [0.2, 0.25) is 15.2 Å². The summed E-state index contributed by atoms with van der Waals surface area (Å²) in [5.41, 5.74) is 0.868. The molecule has 7 nitrogen and oxygen atoms in total.